The molecule has 0 bridgehead atoms. The number of hydrogen-bond donors (Lipinski definition) is 2. The number of carboxylic acid groups (broad SMARTS) is 1. The van der Waals surface area contributed by atoms with E-state index in [0.717, 1.165) is 11.3 Å². The molecule has 5 heteroatoms. The summed E-state index contributed by atoms with van der Waals surface area (Å²) in [6, 6.07) is 5.12. The first-order chi connectivity index (χ1) is 6.89. The molecule has 0 aliphatic rings. The largest absolute Gasteiger partial charge is 0.496 e. The van der Waals surface area contributed by atoms with Crippen LogP contribution in [0.5, 0.6) is 5.75 Å². The van der Waals surface area contributed by atoms with Crippen molar-refractivity contribution in [1.82, 2.24) is 0 Å². The molecule has 0 aliphatic carbocycles. The number of methoxy groups -OCH3 is 1. The number of hydrogen-bond acceptors (Lipinski definition) is 3. The molecule has 0 fully saturated rings. The molecule has 16 heavy (non-hydrogen) atoms. The maximum Gasteiger partial charge on any atom is 0.328 e. The van der Waals surface area contributed by atoms with E-state index in [1.165, 1.54) is 6.92 Å². The number of benzene rings is 1. The second kappa shape index (κ2) is 5.18. The molecule has 0 saturated heterocycles. The lowest BCUT2D eigenvalue weighted by Crippen LogP contribution is -2.41. The first-order valence-corrected chi connectivity index (χ1v) is 4.57. The molecule has 0 heterocycles. The summed E-state index contributed by atoms with van der Waals surface area (Å²) in [5, 5.41) is 8.96. The van der Waals surface area contributed by atoms with E-state index in [0.29, 0.717) is 5.56 Å². The van der Waals surface area contributed by atoms with Gasteiger partial charge in [-0.15, -0.1) is 12.4 Å². The summed E-state index contributed by atoms with van der Waals surface area (Å²) in [6.07, 6.45) is 0. The van der Waals surface area contributed by atoms with Crippen LogP contribution >= 0.6 is 12.4 Å². The number of rotatable bonds is 3. The Morgan fingerprint density at radius 1 is 1.50 bits per heavy atom. The van der Waals surface area contributed by atoms with Crippen LogP contribution in [-0.4, -0.2) is 18.2 Å². The number of carboxylic acids is 1. The maximum absolute atomic E-state index is 10.9. The van der Waals surface area contributed by atoms with Gasteiger partial charge in [0.1, 0.15) is 11.3 Å². The molecule has 0 aromatic heterocycles. The van der Waals surface area contributed by atoms with Crippen molar-refractivity contribution in [3.63, 3.8) is 0 Å². The summed E-state index contributed by atoms with van der Waals surface area (Å²) in [4.78, 5) is 10.9. The van der Waals surface area contributed by atoms with E-state index in [9.17, 15) is 4.79 Å². The van der Waals surface area contributed by atoms with Crippen molar-refractivity contribution in [2.45, 2.75) is 19.4 Å². The van der Waals surface area contributed by atoms with Crippen molar-refractivity contribution in [2.75, 3.05) is 7.11 Å². The third-order valence-electron chi connectivity index (χ3n) is 2.44. The van der Waals surface area contributed by atoms with Gasteiger partial charge in [0.15, 0.2) is 0 Å². The van der Waals surface area contributed by atoms with Crippen LogP contribution in [0.4, 0.5) is 0 Å². The highest BCUT2D eigenvalue weighted by Gasteiger charge is 2.30. The first-order valence-electron chi connectivity index (χ1n) is 4.57. The highest BCUT2D eigenvalue weighted by Crippen LogP contribution is 2.24. The predicted octanol–water partition coefficient (Wildman–Crippen LogP) is 1.68. The molecule has 0 saturated carbocycles. The van der Waals surface area contributed by atoms with Crippen molar-refractivity contribution < 1.29 is 14.6 Å². The number of nitrogens with two attached hydrogens (primary N) is 1. The summed E-state index contributed by atoms with van der Waals surface area (Å²) in [5.74, 6) is -0.327. The average Bonchev–Trinajstić information content (AvgIpc) is 2.17. The lowest BCUT2D eigenvalue weighted by atomic mass is 9.92. The van der Waals surface area contributed by atoms with Gasteiger partial charge in [-0.1, -0.05) is 6.07 Å². The third kappa shape index (κ3) is 2.65. The molecule has 4 nitrogen and oxygen atoms in total. The zero-order chi connectivity index (χ0) is 11.6. The molecule has 1 aromatic rings. The van der Waals surface area contributed by atoms with Crippen LogP contribution in [-0.2, 0) is 10.3 Å². The number of carbonyl (C=O) groups is 1. The van der Waals surface area contributed by atoms with Gasteiger partial charge in [-0.25, -0.2) is 4.79 Å². The molecule has 1 unspecified atom stereocenters. The zero-order valence-corrected chi connectivity index (χ0v) is 10.3. The van der Waals surface area contributed by atoms with Crippen LogP contribution in [0, 0.1) is 6.92 Å². The SMILES string of the molecule is COc1ccc(C(C)(N)C(=O)O)cc1C.Cl. The molecule has 1 aromatic carbocycles. The number of ether oxygens (including phenoxy) is 1. The average molecular weight is 246 g/mol. The molecule has 0 amide bonds. The molecule has 0 aliphatic heterocycles. The standard InChI is InChI=1S/C11H15NO3.ClH/c1-7-6-8(4-5-9(7)15-3)11(2,12)10(13)14;/h4-6H,12H2,1-3H3,(H,13,14);1H. The zero-order valence-electron chi connectivity index (χ0n) is 9.48. The molecule has 0 spiro atoms. The number of aliphatic carboxylic acids is 1. The Balaban J connectivity index is 0.00000225. The van der Waals surface area contributed by atoms with Gasteiger partial charge in [0.2, 0.25) is 0 Å². The van der Waals surface area contributed by atoms with E-state index in [4.69, 9.17) is 15.6 Å². The number of halogens is 1. The minimum atomic E-state index is -1.36. The highest BCUT2D eigenvalue weighted by atomic mass is 35.5. The third-order valence-corrected chi connectivity index (χ3v) is 2.44. The van der Waals surface area contributed by atoms with Gasteiger partial charge < -0.3 is 15.6 Å². The highest BCUT2D eigenvalue weighted by molar-refractivity contribution is 5.85. The summed E-state index contributed by atoms with van der Waals surface area (Å²) >= 11 is 0. The van der Waals surface area contributed by atoms with Gasteiger partial charge in [-0.2, -0.15) is 0 Å². The van der Waals surface area contributed by atoms with Gasteiger partial charge >= 0.3 is 5.97 Å². The van der Waals surface area contributed by atoms with Gasteiger partial charge in [0, 0.05) is 0 Å². The lowest BCUT2D eigenvalue weighted by Gasteiger charge is -2.20. The van der Waals surface area contributed by atoms with E-state index in [2.05, 4.69) is 0 Å². The van der Waals surface area contributed by atoms with E-state index >= 15 is 0 Å². The molecule has 1 atom stereocenters. The fourth-order valence-electron chi connectivity index (χ4n) is 1.32. The summed E-state index contributed by atoms with van der Waals surface area (Å²) < 4.78 is 5.08. The minimum Gasteiger partial charge on any atom is -0.496 e. The van der Waals surface area contributed by atoms with Crippen molar-refractivity contribution in [2.24, 2.45) is 5.73 Å². The van der Waals surface area contributed by atoms with Crippen LogP contribution in [0.1, 0.15) is 18.1 Å². The molecule has 1 rings (SSSR count). The minimum absolute atomic E-state index is 0. The van der Waals surface area contributed by atoms with Crippen molar-refractivity contribution in [1.29, 1.82) is 0 Å². The van der Waals surface area contributed by atoms with Crippen molar-refractivity contribution in [3.05, 3.63) is 29.3 Å². The van der Waals surface area contributed by atoms with Crippen LogP contribution in [0.2, 0.25) is 0 Å². The van der Waals surface area contributed by atoms with Crippen LogP contribution in [0.3, 0.4) is 0 Å². The van der Waals surface area contributed by atoms with Gasteiger partial charge in [-0.05, 0) is 37.1 Å². The summed E-state index contributed by atoms with van der Waals surface area (Å²) in [5.41, 5.74) is 5.77. The quantitative estimate of drug-likeness (QED) is 0.850. The maximum atomic E-state index is 10.9. The predicted molar refractivity (Wildman–Crippen MR) is 64.2 cm³/mol. The summed E-state index contributed by atoms with van der Waals surface area (Å²) in [6.45, 7) is 3.32. The van der Waals surface area contributed by atoms with E-state index < -0.39 is 11.5 Å². The van der Waals surface area contributed by atoms with E-state index in [1.807, 2.05) is 6.92 Å². The molecule has 0 radical (unpaired) electrons. The van der Waals surface area contributed by atoms with Crippen molar-refractivity contribution >= 4 is 18.4 Å². The van der Waals surface area contributed by atoms with Crippen LogP contribution in [0.15, 0.2) is 18.2 Å². The molecular formula is C11H16ClNO3. The smallest absolute Gasteiger partial charge is 0.328 e. The Morgan fingerprint density at radius 3 is 2.44 bits per heavy atom. The Bertz CT molecular complexity index is 391. The van der Waals surface area contributed by atoms with Crippen LogP contribution in [0.25, 0.3) is 0 Å². The van der Waals surface area contributed by atoms with E-state index in [-0.39, 0.29) is 12.4 Å². The van der Waals surface area contributed by atoms with Gasteiger partial charge in [-0.3, -0.25) is 0 Å². The Morgan fingerprint density at radius 2 is 2.06 bits per heavy atom. The monoisotopic (exact) mass is 245 g/mol. The van der Waals surface area contributed by atoms with Crippen molar-refractivity contribution in [3.8, 4) is 5.75 Å². The topological polar surface area (TPSA) is 72.5 Å². The van der Waals surface area contributed by atoms with Gasteiger partial charge in [0.05, 0.1) is 7.11 Å². The van der Waals surface area contributed by atoms with Gasteiger partial charge in [0.25, 0.3) is 0 Å². The summed E-state index contributed by atoms with van der Waals surface area (Å²) in [7, 11) is 1.57. The normalized spacial score (nSPS) is 13.5. The second-order valence-electron chi connectivity index (χ2n) is 3.69. The molecular weight excluding hydrogens is 230 g/mol. The Hall–Kier alpha value is -1.26. The first kappa shape index (κ1) is 14.7. The van der Waals surface area contributed by atoms with E-state index in [1.54, 1.807) is 25.3 Å². The fraction of sp³-hybridized carbons (Fsp3) is 0.364. The molecule has 3 N–H and O–H groups in total. The lowest BCUT2D eigenvalue weighted by molar-refractivity contribution is -0.143. The second-order valence-corrected chi connectivity index (χ2v) is 3.69. The van der Waals surface area contributed by atoms with Crippen LogP contribution < -0.4 is 10.5 Å². The number of aryl methyl sites for hydroxylation is 1. The Labute approximate surface area is 101 Å². The fourth-order valence-corrected chi connectivity index (χ4v) is 1.32. The molecule has 90 valence electrons. The Kier molecular flexibility index (Phi) is 4.78.